The van der Waals surface area contributed by atoms with E-state index in [2.05, 4.69) is 0 Å². The number of hydrogen-bond acceptors (Lipinski definition) is 3. The zero-order chi connectivity index (χ0) is 12.3. The standard InChI is InChI=1S/C14H19NO2/c1-17-13(16)11-6-2-3-7-12(11)14(10-15)8-4-5-9-14/h2-3,6-7H,4-5,8-10,15H2,1H3. The molecular weight excluding hydrogens is 214 g/mol. The Morgan fingerprint density at radius 2 is 2.00 bits per heavy atom. The molecule has 0 saturated heterocycles. The van der Waals surface area contributed by atoms with Crippen LogP contribution < -0.4 is 5.73 Å². The van der Waals surface area contributed by atoms with Crippen LogP contribution >= 0.6 is 0 Å². The Morgan fingerprint density at radius 3 is 2.59 bits per heavy atom. The average Bonchev–Trinajstić information content (AvgIpc) is 2.88. The normalized spacial score (nSPS) is 18.0. The van der Waals surface area contributed by atoms with Gasteiger partial charge in [0.15, 0.2) is 0 Å². The fraction of sp³-hybridized carbons (Fsp3) is 0.500. The van der Waals surface area contributed by atoms with Crippen LogP contribution in [0.3, 0.4) is 0 Å². The van der Waals surface area contributed by atoms with E-state index in [1.807, 2.05) is 24.3 Å². The van der Waals surface area contributed by atoms with Crippen LogP contribution in [0, 0.1) is 0 Å². The SMILES string of the molecule is COC(=O)c1ccccc1C1(CN)CCCC1. The molecule has 3 heteroatoms. The molecule has 1 aliphatic carbocycles. The molecule has 1 aromatic carbocycles. The molecule has 0 bridgehead atoms. The summed E-state index contributed by atoms with van der Waals surface area (Å²) in [4.78, 5) is 11.8. The molecule has 0 spiro atoms. The molecule has 0 aliphatic heterocycles. The number of carbonyl (C=O) groups excluding carboxylic acids is 1. The summed E-state index contributed by atoms with van der Waals surface area (Å²) in [6, 6.07) is 7.69. The molecule has 0 amide bonds. The third-order valence-electron chi connectivity index (χ3n) is 3.86. The van der Waals surface area contributed by atoms with Gasteiger partial charge in [-0.15, -0.1) is 0 Å². The summed E-state index contributed by atoms with van der Waals surface area (Å²) in [7, 11) is 1.42. The first-order chi connectivity index (χ1) is 8.23. The Balaban J connectivity index is 2.46. The van der Waals surface area contributed by atoms with Crippen LogP contribution in [0.1, 0.15) is 41.6 Å². The van der Waals surface area contributed by atoms with Gasteiger partial charge in [0, 0.05) is 12.0 Å². The van der Waals surface area contributed by atoms with E-state index in [0.717, 1.165) is 18.4 Å². The largest absolute Gasteiger partial charge is 0.465 e. The highest BCUT2D eigenvalue weighted by molar-refractivity contribution is 5.91. The Morgan fingerprint density at radius 1 is 1.35 bits per heavy atom. The molecule has 0 unspecified atom stereocenters. The molecule has 1 fully saturated rings. The lowest BCUT2D eigenvalue weighted by atomic mass is 9.77. The summed E-state index contributed by atoms with van der Waals surface area (Å²) in [5.74, 6) is -0.264. The summed E-state index contributed by atoms with van der Waals surface area (Å²) in [6.45, 7) is 0.598. The molecule has 0 aromatic heterocycles. The van der Waals surface area contributed by atoms with Gasteiger partial charge >= 0.3 is 5.97 Å². The van der Waals surface area contributed by atoms with Crippen LogP contribution in [0.4, 0.5) is 0 Å². The van der Waals surface area contributed by atoms with Gasteiger partial charge in [0.25, 0.3) is 0 Å². The molecule has 1 saturated carbocycles. The van der Waals surface area contributed by atoms with E-state index in [1.165, 1.54) is 20.0 Å². The van der Waals surface area contributed by atoms with Gasteiger partial charge in [0.1, 0.15) is 0 Å². The number of hydrogen-bond donors (Lipinski definition) is 1. The van der Waals surface area contributed by atoms with Crippen molar-refractivity contribution >= 4 is 5.97 Å². The topological polar surface area (TPSA) is 52.3 Å². The molecule has 0 radical (unpaired) electrons. The minimum Gasteiger partial charge on any atom is -0.465 e. The van der Waals surface area contributed by atoms with Crippen LogP contribution in [-0.2, 0) is 10.2 Å². The highest BCUT2D eigenvalue weighted by atomic mass is 16.5. The molecule has 1 aromatic rings. The van der Waals surface area contributed by atoms with E-state index in [1.54, 1.807) is 0 Å². The first kappa shape index (κ1) is 12.1. The van der Waals surface area contributed by atoms with Crippen molar-refractivity contribution in [2.75, 3.05) is 13.7 Å². The van der Waals surface area contributed by atoms with E-state index in [9.17, 15) is 4.79 Å². The third kappa shape index (κ3) is 2.07. The second-order valence-corrected chi connectivity index (χ2v) is 4.73. The summed E-state index contributed by atoms with van der Waals surface area (Å²) in [5.41, 5.74) is 7.67. The second kappa shape index (κ2) is 4.88. The first-order valence-corrected chi connectivity index (χ1v) is 6.11. The number of rotatable bonds is 3. The summed E-state index contributed by atoms with van der Waals surface area (Å²) in [5, 5.41) is 0. The number of nitrogens with two attached hydrogens (primary N) is 1. The van der Waals surface area contributed by atoms with E-state index in [4.69, 9.17) is 10.5 Å². The maximum atomic E-state index is 11.8. The molecule has 3 nitrogen and oxygen atoms in total. The molecule has 2 rings (SSSR count). The molecule has 17 heavy (non-hydrogen) atoms. The van der Waals surface area contributed by atoms with Gasteiger partial charge in [0.2, 0.25) is 0 Å². The quantitative estimate of drug-likeness (QED) is 0.815. The molecule has 92 valence electrons. The predicted molar refractivity (Wildman–Crippen MR) is 67.0 cm³/mol. The average molecular weight is 233 g/mol. The lowest BCUT2D eigenvalue weighted by molar-refractivity contribution is 0.0597. The predicted octanol–water partition coefficient (Wildman–Crippen LogP) is 2.24. The van der Waals surface area contributed by atoms with Crippen LogP contribution in [0.2, 0.25) is 0 Å². The maximum Gasteiger partial charge on any atom is 0.338 e. The third-order valence-corrected chi connectivity index (χ3v) is 3.86. The zero-order valence-corrected chi connectivity index (χ0v) is 10.2. The molecular formula is C14H19NO2. The number of esters is 1. The summed E-state index contributed by atoms with van der Waals surface area (Å²) >= 11 is 0. The number of carbonyl (C=O) groups is 1. The Labute approximate surface area is 102 Å². The second-order valence-electron chi connectivity index (χ2n) is 4.73. The monoisotopic (exact) mass is 233 g/mol. The van der Waals surface area contributed by atoms with Gasteiger partial charge in [-0.2, -0.15) is 0 Å². The molecule has 0 heterocycles. The Kier molecular flexibility index (Phi) is 3.48. The van der Waals surface area contributed by atoms with Gasteiger partial charge < -0.3 is 10.5 Å². The first-order valence-electron chi connectivity index (χ1n) is 6.11. The summed E-state index contributed by atoms with van der Waals surface area (Å²) in [6.07, 6.45) is 4.51. The Bertz CT molecular complexity index is 408. The molecule has 1 aliphatic rings. The van der Waals surface area contributed by atoms with Crippen molar-refractivity contribution in [2.24, 2.45) is 5.73 Å². The van der Waals surface area contributed by atoms with Crippen molar-refractivity contribution < 1.29 is 9.53 Å². The highest BCUT2D eigenvalue weighted by Gasteiger charge is 2.36. The number of methoxy groups -OCH3 is 1. The molecule has 0 atom stereocenters. The van der Waals surface area contributed by atoms with Crippen molar-refractivity contribution in [2.45, 2.75) is 31.1 Å². The van der Waals surface area contributed by atoms with Gasteiger partial charge in [-0.3, -0.25) is 0 Å². The van der Waals surface area contributed by atoms with Gasteiger partial charge in [-0.1, -0.05) is 31.0 Å². The summed E-state index contributed by atoms with van der Waals surface area (Å²) < 4.78 is 4.85. The van der Waals surface area contributed by atoms with Crippen molar-refractivity contribution in [3.63, 3.8) is 0 Å². The van der Waals surface area contributed by atoms with Crippen LogP contribution in [0.5, 0.6) is 0 Å². The number of ether oxygens (including phenoxy) is 1. The van der Waals surface area contributed by atoms with Crippen molar-refractivity contribution in [3.05, 3.63) is 35.4 Å². The Hall–Kier alpha value is -1.35. The lowest BCUT2D eigenvalue weighted by Crippen LogP contribution is -2.33. The molecule has 2 N–H and O–H groups in total. The fourth-order valence-corrected chi connectivity index (χ4v) is 2.87. The maximum absolute atomic E-state index is 11.8. The van der Waals surface area contributed by atoms with Crippen molar-refractivity contribution in [1.29, 1.82) is 0 Å². The van der Waals surface area contributed by atoms with Gasteiger partial charge in [-0.25, -0.2) is 4.79 Å². The van der Waals surface area contributed by atoms with Crippen LogP contribution in [0.25, 0.3) is 0 Å². The fourth-order valence-electron chi connectivity index (χ4n) is 2.87. The zero-order valence-electron chi connectivity index (χ0n) is 10.2. The van der Waals surface area contributed by atoms with Gasteiger partial charge in [0.05, 0.1) is 12.7 Å². The number of benzene rings is 1. The minimum absolute atomic E-state index is 0.0230. The van der Waals surface area contributed by atoms with Crippen molar-refractivity contribution in [1.82, 2.24) is 0 Å². The lowest BCUT2D eigenvalue weighted by Gasteiger charge is -2.29. The van der Waals surface area contributed by atoms with E-state index < -0.39 is 0 Å². The van der Waals surface area contributed by atoms with Crippen LogP contribution in [0.15, 0.2) is 24.3 Å². The highest BCUT2D eigenvalue weighted by Crippen LogP contribution is 2.41. The van der Waals surface area contributed by atoms with Gasteiger partial charge in [-0.05, 0) is 24.5 Å². The van der Waals surface area contributed by atoms with Crippen molar-refractivity contribution in [3.8, 4) is 0 Å². The van der Waals surface area contributed by atoms with Crippen LogP contribution in [-0.4, -0.2) is 19.6 Å². The van der Waals surface area contributed by atoms with E-state index >= 15 is 0 Å². The minimum atomic E-state index is -0.264. The van der Waals surface area contributed by atoms with E-state index in [-0.39, 0.29) is 11.4 Å². The van der Waals surface area contributed by atoms with E-state index in [0.29, 0.717) is 12.1 Å². The smallest absolute Gasteiger partial charge is 0.338 e.